The van der Waals surface area contributed by atoms with Gasteiger partial charge in [-0.05, 0) is 13.3 Å². The summed E-state index contributed by atoms with van der Waals surface area (Å²) in [6.07, 6.45) is 11.1. The molecule has 11 heavy (non-hydrogen) atoms. The Morgan fingerprint density at radius 3 is 2.91 bits per heavy atom. The zero-order chi connectivity index (χ0) is 7.73. The Balaban J connectivity index is 2.33. The molecular formula is C9H10N2. The molecule has 1 aliphatic heterocycles. The van der Waals surface area contributed by atoms with Gasteiger partial charge < -0.3 is 0 Å². The zero-order valence-electron chi connectivity index (χ0n) is 6.49. The lowest BCUT2D eigenvalue weighted by Gasteiger charge is -2.17. The Labute approximate surface area is 66.1 Å². The lowest BCUT2D eigenvalue weighted by molar-refractivity contribution is 0.731. The first-order chi connectivity index (χ1) is 5.31. The second kappa shape index (κ2) is 2.16. The van der Waals surface area contributed by atoms with Gasteiger partial charge in [0.15, 0.2) is 0 Å². The van der Waals surface area contributed by atoms with E-state index in [-0.39, 0.29) is 5.54 Å². The monoisotopic (exact) mass is 146 g/mol. The Kier molecular flexibility index (Phi) is 1.28. The molecule has 0 bridgehead atoms. The minimum Gasteiger partial charge on any atom is -0.254 e. The van der Waals surface area contributed by atoms with E-state index in [0.29, 0.717) is 0 Å². The Bertz CT molecular complexity index is 284. The molecule has 1 unspecified atom stereocenters. The lowest BCUT2D eigenvalue weighted by atomic mass is 9.94. The molecule has 0 aromatic carbocycles. The van der Waals surface area contributed by atoms with Gasteiger partial charge in [-0.15, -0.1) is 0 Å². The van der Waals surface area contributed by atoms with E-state index < -0.39 is 0 Å². The van der Waals surface area contributed by atoms with Gasteiger partial charge in [-0.1, -0.05) is 24.3 Å². The molecule has 56 valence electrons. The fraction of sp³-hybridized carbons (Fsp3) is 0.333. The van der Waals surface area contributed by atoms with Gasteiger partial charge in [-0.3, -0.25) is 4.99 Å². The molecule has 2 rings (SSSR count). The molecule has 2 nitrogen and oxygen atoms in total. The largest absolute Gasteiger partial charge is 0.254 e. The first-order valence-corrected chi connectivity index (χ1v) is 3.77. The maximum Gasteiger partial charge on any atom is 0.121 e. The molecule has 2 aliphatic rings. The van der Waals surface area contributed by atoms with Crippen LogP contribution >= 0.6 is 0 Å². The summed E-state index contributed by atoms with van der Waals surface area (Å²) in [5, 5.41) is 0. The molecule has 0 saturated carbocycles. The van der Waals surface area contributed by atoms with Gasteiger partial charge in [-0.2, -0.15) is 0 Å². The highest BCUT2D eigenvalue weighted by atomic mass is 15.0. The topological polar surface area (TPSA) is 24.7 Å². The van der Waals surface area contributed by atoms with E-state index in [1.54, 1.807) is 0 Å². The molecule has 0 aromatic rings. The highest BCUT2D eigenvalue weighted by Gasteiger charge is 2.27. The summed E-state index contributed by atoms with van der Waals surface area (Å²) in [5.41, 5.74) is -0.126. The Hall–Kier alpha value is -1.18. The number of nitrogens with zero attached hydrogens (tertiary/aromatic N) is 2. The standard InChI is InChI=1S/C9H10N2/c1-8-10-7-9(11-8)5-3-2-4-6-9/h2-5,7H,6H2,1H3. The first-order valence-electron chi connectivity index (χ1n) is 3.77. The highest BCUT2D eigenvalue weighted by Crippen LogP contribution is 2.23. The van der Waals surface area contributed by atoms with Gasteiger partial charge >= 0.3 is 0 Å². The van der Waals surface area contributed by atoms with E-state index in [4.69, 9.17) is 0 Å². The second-order valence-electron chi connectivity index (χ2n) is 2.90. The van der Waals surface area contributed by atoms with Gasteiger partial charge in [0.05, 0.1) is 0 Å². The van der Waals surface area contributed by atoms with Crippen molar-refractivity contribution in [2.45, 2.75) is 18.9 Å². The van der Waals surface area contributed by atoms with E-state index in [9.17, 15) is 0 Å². The number of amidine groups is 1. The average Bonchev–Trinajstić information content (AvgIpc) is 2.34. The van der Waals surface area contributed by atoms with Crippen molar-refractivity contribution in [2.75, 3.05) is 0 Å². The predicted molar refractivity (Wildman–Crippen MR) is 47.2 cm³/mol. The van der Waals surface area contributed by atoms with Crippen LogP contribution in [0.1, 0.15) is 13.3 Å². The fourth-order valence-electron chi connectivity index (χ4n) is 1.37. The maximum absolute atomic E-state index is 4.44. The predicted octanol–water partition coefficient (Wildman–Crippen LogP) is 1.74. The van der Waals surface area contributed by atoms with Crippen molar-refractivity contribution < 1.29 is 0 Å². The van der Waals surface area contributed by atoms with E-state index in [2.05, 4.69) is 22.1 Å². The Morgan fingerprint density at radius 2 is 2.36 bits per heavy atom. The molecule has 0 fully saturated rings. The minimum atomic E-state index is -0.126. The van der Waals surface area contributed by atoms with Gasteiger partial charge in [0.2, 0.25) is 0 Å². The first kappa shape index (κ1) is 6.53. The summed E-state index contributed by atoms with van der Waals surface area (Å²) >= 11 is 0. The highest BCUT2D eigenvalue weighted by molar-refractivity contribution is 5.98. The fourth-order valence-corrected chi connectivity index (χ4v) is 1.37. The van der Waals surface area contributed by atoms with E-state index in [1.165, 1.54) is 0 Å². The third-order valence-corrected chi connectivity index (χ3v) is 1.92. The zero-order valence-corrected chi connectivity index (χ0v) is 6.49. The quantitative estimate of drug-likeness (QED) is 0.497. The number of aliphatic imine (C=N–C) groups is 2. The van der Waals surface area contributed by atoms with E-state index in [0.717, 1.165) is 12.3 Å². The van der Waals surface area contributed by atoms with Crippen molar-refractivity contribution in [1.82, 2.24) is 0 Å². The van der Waals surface area contributed by atoms with Crippen LogP contribution in [0.25, 0.3) is 0 Å². The maximum atomic E-state index is 4.44. The second-order valence-corrected chi connectivity index (χ2v) is 2.90. The van der Waals surface area contributed by atoms with Crippen LogP contribution in [0, 0.1) is 0 Å². The summed E-state index contributed by atoms with van der Waals surface area (Å²) in [6, 6.07) is 0. The van der Waals surface area contributed by atoms with Crippen LogP contribution in [0.3, 0.4) is 0 Å². The minimum absolute atomic E-state index is 0.126. The van der Waals surface area contributed by atoms with Gasteiger partial charge in [-0.25, -0.2) is 4.99 Å². The number of rotatable bonds is 0. The van der Waals surface area contributed by atoms with Crippen molar-refractivity contribution in [2.24, 2.45) is 9.98 Å². The number of hydrogen-bond acceptors (Lipinski definition) is 2. The molecule has 0 aromatic heterocycles. The molecule has 1 heterocycles. The smallest absolute Gasteiger partial charge is 0.121 e. The van der Waals surface area contributed by atoms with E-state index in [1.807, 2.05) is 25.3 Å². The van der Waals surface area contributed by atoms with Crippen LogP contribution in [0.2, 0.25) is 0 Å². The average molecular weight is 146 g/mol. The van der Waals surface area contributed by atoms with Crippen molar-refractivity contribution in [1.29, 1.82) is 0 Å². The summed E-state index contributed by atoms with van der Waals surface area (Å²) in [5.74, 6) is 0.880. The van der Waals surface area contributed by atoms with Crippen LogP contribution in [0.4, 0.5) is 0 Å². The molecule has 1 atom stereocenters. The molecule has 0 radical (unpaired) electrons. The third kappa shape index (κ3) is 1.04. The van der Waals surface area contributed by atoms with Gasteiger partial charge in [0.1, 0.15) is 11.4 Å². The van der Waals surface area contributed by atoms with Crippen molar-refractivity contribution in [3.05, 3.63) is 24.3 Å². The number of allylic oxidation sites excluding steroid dienone is 2. The Morgan fingerprint density at radius 1 is 1.45 bits per heavy atom. The molecule has 0 amide bonds. The summed E-state index contributed by atoms with van der Waals surface area (Å²) in [6.45, 7) is 1.93. The van der Waals surface area contributed by atoms with Crippen LogP contribution in [0.15, 0.2) is 34.3 Å². The third-order valence-electron chi connectivity index (χ3n) is 1.92. The van der Waals surface area contributed by atoms with Crippen molar-refractivity contribution in [3.63, 3.8) is 0 Å². The number of hydrogen-bond donors (Lipinski definition) is 0. The van der Waals surface area contributed by atoms with Gasteiger partial charge in [0.25, 0.3) is 0 Å². The molecule has 2 heteroatoms. The summed E-state index contributed by atoms with van der Waals surface area (Å²) in [4.78, 5) is 8.59. The SMILES string of the molecule is CC1=NC2(C=CC=CC2)C=N1. The normalized spacial score (nSPS) is 33.4. The molecule has 1 spiro atoms. The summed E-state index contributed by atoms with van der Waals surface area (Å²) < 4.78 is 0. The lowest BCUT2D eigenvalue weighted by Crippen LogP contribution is -2.23. The molecule has 0 N–H and O–H groups in total. The molecule has 0 saturated heterocycles. The molecule has 1 aliphatic carbocycles. The van der Waals surface area contributed by atoms with Crippen LogP contribution < -0.4 is 0 Å². The van der Waals surface area contributed by atoms with Crippen LogP contribution in [-0.2, 0) is 0 Å². The van der Waals surface area contributed by atoms with Crippen molar-refractivity contribution >= 4 is 12.1 Å². The van der Waals surface area contributed by atoms with Crippen LogP contribution in [0.5, 0.6) is 0 Å². The molecular weight excluding hydrogens is 136 g/mol. The summed E-state index contributed by atoms with van der Waals surface area (Å²) in [7, 11) is 0. The van der Waals surface area contributed by atoms with E-state index >= 15 is 0 Å². The van der Waals surface area contributed by atoms with Crippen molar-refractivity contribution in [3.8, 4) is 0 Å². The van der Waals surface area contributed by atoms with Gasteiger partial charge in [0, 0.05) is 6.21 Å². The van der Waals surface area contributed by atoms with Crippen LogP contribution in [-0.4, -0.2) is 17.6 Å².